The van der Waals surface area contributed by atoms with E-state index >= 15 is 0 Å². The minimum Gasteiger partial charge on any atom is -0.463 e. The predicted octanol–water partition coefficient (Wildman–Crippen LogP) is 3.91. The summed E-state index contributed by atoms with van der Waals surface area (Å²) in [4.78, 5) is 22.6. The van der Waals surface area contributed by atoms with Crippen LogP contribution in [0.3, 0.4) is 0 Å². The first-order chi connectivity index (χ1) is 13.0. The third-order valence-corrected chi connectivity index (χ3v) is 4.43. The Bertz CT molecular complexity index is 370. The normalized spacial score (nSPS) is 13.2. The summed E-state index contributed by atoms with van der Waals surface area (Å²) in [7, 11) is 0. The van der Waals surface area contributed by atoms with Crippen molar-refractivity contribution < 1.29 is 29.3 Å². The Morgan fingerprint density at radius 1 is 0.741 bits per heavy atom. The molecule has 0 spiro atoms. The molecule has 27 heavy (non-hydrogen) atoms. The Hall–Kier alpha value is -1.14. The van der Waals surface area contributed by atoms with Gasteiger partial charge in [0.2, 0.25) is 0 Å². The summed E-state index contributed by atoms with van der Waals surface area (Å²) in [5.41, 5.74) is 0. The molecule has 0 aliphatic heterocycles. The fraction of sp³-hybridized carbons (Fsp3) is 0.905. The molecule has 0 aromatic carbocycles. The van der Waals surface area contributed by atoms with Crippen LogP contribution >= 0.6 is 0 Å². The molecule has 0 bridgehead atoms. The third-order valence-electron chi connectivity index (χ3n) is 4.43. The van der Waals surface area contributed by atoms with Crippen LogP contribution < -0.4 is 0 Å². The minimum absolute atomic E-state index is 0.204. The lowest BCUT2D eigenvalue weighted by Crippen LogP contribution is -2.28. The number of hydrogen-bond donors (Lipinski definition) is 2. The van der Waals surface area contributed by atoms with Crippen molar-refractivity contribution in [2.45, 2.75) is 110 Å². The Morgan fingerprint density at radius 3 is 1.67 bits per heavy atom. The van der Waals surface area contributed by atoms with E-state index in [0.29, 0.717) is 6.42 Å². The molecule has 0 rings (SSSR count). The first-order valence-corrected chi connectivity index (χ1v) is 10.7. The Balaban J connectivity index is 3.38. The lowest BCUT2D eigenvalue weighted by atomic mass is 10.0. The van der Waals surface area contributed by atoms with Gasteiger partial charge in [0.15, 0.2) is 0 Å². The van der Waals surface area contributed by atoms with Crippen LogP contribution in [0.5, 0.6) is 0 Å². The molecule has 0 fully saturated rings. The molecule has 0 radical (unpaired) electrons. The summed E-state index contributed by atoms with van der Waals surface area (Å²) in [6.07, 6.45) is 12.9. The van der Waals surface area contributed by atoms with Crippen LogP contribution in [-0.4, -0.2) is 47.6 Å². The van der Waals surface area contributed by atoms with Gasteiger partial charge in [-0.05, 0) is 13.3 Å². The number of ether oxygens (including phenoxy) is 2. The van der Waals surface area contributed by atoms with E-state index in [0.717, 1.165) is 19.3 Å². The van der Waals surface area contributed by atoms with Gasteiger partial charge in [0.05, 0.1) is 0 Å². The van der Waals surface area contributed by atoms with Crippen molar-refractivity contribution >= 4 is 11.9 Å². The van der Waals surface area contributed by atoms with Crippen LogP contribution in [0.4, 0.5) is 0 Å². The maximum Gasteiger partial charge on any atom is 0.334 e. The molecule has 0 heterocycles. The number of aliphatic hydroxyl groups is 2. The lowest BCUT2D eigenvalue weighted by molar-refractivity contribution is -0.158. The molecular weight excluding hydrogens is 348 g/mol. The van der Waals surface area contributed by atoms with Crippen molar-refractivity contribution in [1.82, 2.24) is 0 Å². The lowest BCUT2D eigenvalue weighted by Gasteiger charge is -2.12. The average Bonchev–Trinajstić information content (AvgIpc) is 2.65. The smallest absolute Gasteiger partial charge is 0.334 e. The highest BCUT2D eigenvalue weighted by Gasteiger charge is 2.14. The molecule has 2 atom stereocenters. The second-order valence-corrected chi connectivity index (χ2v) is 7.28. The zero-order valence-corrected chi connectivity index (χ0v) is 17.3. The van der Waals surface area contributed by atoms with Crippen LogP contribution in [0.2, 0.25) is 0 Å². The highest BCUT2D eigenvalue weighted by Crippen LogP contribution is 2.12. The van der Waals surface area contributed by atoms with E-state index in [2.05, 4.69) is 11.7 Å². The van der Waals surface area contributed by atoms with Gasteiger partial charge in [0, 0.05) is 6.42 Å². The molecule has 2 N–H and O–H groups in total. The number of carbonyl (C=O) groups excluding carboxylic acids is 2. The fourth-order valence-electron chi connectivity index (χ4n) is 2.72. The highest BCUT2D eigenvalue weighted by atomic mass is 16.6. The van der Waals surface area contributed by atoms with Gasteiger partial charge < -0.3 is 19.7 Å². The van der Waals surface area contributed by atoms with Crippen LogP contribution in [0, 0.1) is 0 Å². The van der Waals surface area contributed by atoms with Crippen LogP contribution in [0.25, 0.3) is 0 Å². The number of aliphatic hydroxyl groups excluding tert-OH is 2. The summed E-state index contributed by atoms with van der Waals surface area (Å²) in [6, 6.07) is 0. The molecule has 0 aliphatic carbocycles. The van der Waals surface area contributed by atoms with Crippen molar-refractivity contribution in [1.29, 1.82) is 0 Å². The summed E-state index contributed by atoms with van der Waals surface area (Å²) in [5, 5.41) is 18.5. The standard InChI is InChI=1S/C21H40O6/c1-3-4-5-6-7-8-9-10-11-12-13-14-15-20(24)26-16-19(23)17-27-21(25)18(2)22/h18-19,22-23H,3-17H2,1-2H3. The molecule has 0 aromatic rings. The molecular formula is C21H40O6. The molecule has 6 heteroatoms. The zero-order valence-electron chi connectivity index (χ0n) is 17.3. The maximum absolute atomic E-state index is 11.6. The number of hydrogen-bond acceptors (Lipinski definition) is 6. The van der Waals surface area contributed by atoms with E-state index in [9.17, 15) is 14.7 Å². The van der Waals surface area contributed by atoms with Gasteiger partial charge in [-0.15, -0.1) is 0 Å². The van der Waals surface area contributed by atoms with Gasteiger partial charge in [0.1, 0.15) is 25.4 Å². The van der Waals surface area contributed by atoms with Crippen molar-refractivity contribution in [3.8, 4) is 0 Å². The largest absolute Gasteiger partial charge is 0.463 e. The molecule has 0 aromatic heterocycles. The number of carbonyl (C=O) groups is 2. The van der Waals surface area contributed by atoms with Crippen LogP contribution in [0.15, 0.2) is 0 Å². The first-order valence-electron chi connectivity index (χ1n) is 10.7. The predicted molar refractivity (Wildman–Crippen MR) is 105 cm³/mol. The number of rotatable bonds is 18. The third kappa shape index (κ3) is 18.0. The van der Waals surface area contributed by atoms with E-state index in [-0.39, 0.29) is 19.2 Å². The van der Waals surface area contributed by atoms with Crippen molar-refractivity contribution in [2.75, 3.05) is 13.2 Å². The zero-order chi connectivity index (χ0) is 20.3. The van der Waals surface area contributed by atoms with Gasteiger partial charge in [-0.3, -0.25) is 4.79 Å². The average molecular weight is 389 g/mol. The summed E-state index contributed by atoms with van der Waals surface area (Å²) in [6.45, 7) is 3.02. The Kier molecular flexibility index (Phi) is 17.5. The summed E-state index contributed by atoms with van der Waals surface area (Å²) in [5.74, 6) is -1.15. The van der Waals surface area contributed by atoms with Crippen LogP contribution in [0.1, 0.15) is 97.3 Å². The van der Waals surface area contributed by atoms with E-state index in [1.54, 1.807) is 0 Å². The molecule has 6 nitrogen and oxygen atoms in total. The van der Waals surface area contributed by atoms with Gasteiger partial charge in [0.25, 0.3) is 0 Å². The molecule has 0 aliphatic rings. The molecule has 0 amide bonds. The van der Waals surface area contributed by atoms with Gasteiger partial charge in [-0.1, -0.05) is 77.6 Å². The highest BCUT2D eigenvalue weighted by molar-refractivity contribution is 5.73. The minimum atomic E-state index is -1.23. The number of unbranched alkanes of at least 4 members (excludes halogenated alkanes) is 11. The quantitative estimate of drug-likeness (QED) is 0.273. The van der Waals surface area contributed by atoms with Crippen molar-refractivity contribution in [3.63, 3.8) is 0 Å². The molecule has 0 saturated carbocycles. The van der Waals surface area contributed by atoms with E-state index in [1.165, 1.54) is 64.7 Å². The summed E-state index contributed by atoms with van der Waals surface area (Å²) < 4.78 is 9.60. The van der Waals surface area contributed by atoms with E-state index in [1.807, 2.05) is 0 Å². The maximum atomic E-state index is 11.6. The second-order valence-electron chi connectivity index (χ2n) is 7.28. The summed E-state index contributed by atoms with van der Waals surface area (Å²) >= 11 is 0. The molecule has 2 unspecified atom stereocenters. The van der Waals surface area contributed by atoms with E-state index < -0.39 is 18.2 Å². The molecule has 160 valence electrons. The van der Waals surface area contributed by atoms with Crippen LogP contribution in [-0.2, 0) is 19.1 Å². The van der Waals surface area contributed by atoms with Gasteiger partial charge >= 0.3 is 11.9 Å². The Morgan fingerprint density at radius 2 is 1.19 bits per heavy atom. The van der Waals surface area contributed by atoms with Gasteiger partial charge in [-0.25, -0.2) is 4.79 Å². The van der Waals surface area contributed by atoms with E-state index in [4.69, 9.17) is 9.84 Å². The topological polar surface area (TPSA) is 93.1 Å². The first kappa shape index (κ1) is 25.9. The monoisotopic (exact) mass is 388 g/mol. The van der Waals surface area contributed by atoms with Crippen molar-refractivity contribution in [3.05, 3.63) is 0 Å². The van der Waals surface area contributed by atoms with Crippen molar-refractivity contribution in [2.24, 2.45) is 0 Å². The number of esters is 2. The molecule has 0 saturated heterocycles. The Labute approximate surface area is 164 Å². The van der Waals surface area contributed by atoms with Gasteiger partial charge in [-0.2, -0.15) is 0 Å². The SMILES string of the molecule is CCCCCCCCCCCCCCC(=O)OCC(O)COC(=O)C(C)O. The second kappa shape index (κ2) is 18.2. The fourth-order valence-corrected chi connectivity index (χ4v) is 2.72.